The Morgan fingerprint density at radius 2 is 1.86 bits per heavy atom. The topological polar surface area (TPSA) is 65.5 Å². The minimum Gasteiger partial charge on any atom is -0.356 e. The summed E-state index contributed by atoms with van der Waals surface area (Å²) < 4.78 is 0. The fourth-order valence-corrected chi connectivity index (χ4v) is 1.86. The molecule has 0 atom stereocenters. The van der Waals surface area contributed by atoms with E-state index in [-0.39, 0.29) is 5.91 Å². The highest BCUT2D eigenvalue weighted by molar-refractivity contribution is 5.90. The van der Waals surface area contributed by atoms with Crippen molar-refractivity contribution >= 4 is 17.6 Å². The van der Waals surface area contributed by atoms with Gasteiger partial charge in [-0.25, -0.2) is 0 Å². The predicted molar refractivity (Wildman–Crippen MR) is 93.0 cm³/mol. The normalized spacial score (nSPS) is 11.4. The first-order valence-electron chi connectivity index (χ1n) is 7.88. The van der Waals surface area contributed by atoms with Gasteiger partial charge in [-0.3, -0.25) is 9.79 Å². The van der Waals surface area contributed by atoms with Crippen LogP contribution in [0.15, 0.2) is 29.3 Å². The van der Waals surface area contributed by atoms with E-state index < -0.39 is 0 Å². The van der Waals surface area contributed by atoms with Crippen LogP contribution in [0.5, 0.6) is 0 Å². The number of hydrogen-bond donors (Lipinski definition) is 3. The van der Waals surface area contributed by atoms with Crippen molar-refractivity contribution in [3.8, 4) is 0 Å². The molecule has 5 heteroatoms. The van der Waals surface area contributed by atoms with Crippen molar-refractivity contribution in [3.05, 3.63) is 29.8 Å². The Morgan fingerprint density at radius 3 is 2.41 bits per heavy atom. The second kappa shape index (κ2) is 9.82. The summed E-state index contributed by atoms with van der Waals surface area (Å²) in [5.41, 5.74) is 1.98. The number of anilines is 1. The van der Waals surface area contributed by atoms with Crippen LogP contribution in [-0.2, 0) is 11.3 Å². The molecule has 0 spiro atoms. The highest BCUT2D eigenvalue weighted by Crippen LogP contribution is 2.10. The zero-order chi connectivity index (χ0) is 16.4. The number of amides is 1. The molecule has 0 unspecified atom stereocenters. The van der Waals surface area contributed by atoms with Crippen LogP contribution in [0.4, 0.5) is 5.69 Å². The Labute approximate surface area is 133 Å². The predicted octanol–water partition coefficient (Wildman–Crippen LogP) is 2.75. The lowest BCUT2D eigenvalue weighted by atomic mass is 10.2. The van der Waals surface area contributed by atoms with Crippen molar-refractivity contribution in [3.63, 3.8) is 0 Å². The van der Waals surface area contributed by atoms with Gasteiger partial charge in [0.15, 0.2) is 5.96 Å². The van der Waals surface area contributed by atoms with Crippen LogP contribution in [0, 0.1) is 5.92 Å². The summed E-state index contributed by atoms with van der Waals surface area (Å²) in [7, 11) is 1.77. The van der Waals surface area contributed by atoms with Crippen molar-refractivity contribution in [2.24, 2.45) is 10.9 Å². The van der Waals surface area contributed by atoms with Crippen molar-refractivity contribution in [2.75, 3.05) is 18.9 Å². The van der Waals surface area contributed by atoms with Crippen LogP contribution >= 0.6 is 0 Å². The van der Waals surface area contributed by atoms with Crippen LogP contribution in [0.1, 0.15) is 39.2 Å². The minimum absolute atomic E-state index is 0.0617. The molecule has 0 aliphatic rings. The molecule has 5 nitrogen and oxygen atoms in total. The maximum absolute atomic E-state index is 11.5. The average molecular weight is 304 g/mol. The van der Waals surface area contributed by atoms with Gasteiger partial charge in [0.1, 0.15) is 0 Å². The van der Waals surface area contributed by atoms with Crippen molar-refractivity contribution in [1.82, 2.24) is 10.6 Å². The van der Waals surface area contributed by atoms with E-state index in [9.17, 15) is 4.79 Å². The van der Waals surface area contributed by atoms with E-state index in [0.717, 1.165) is 30.2 Å². The fraction of sp³-hybridized carbons (Fsp3) is 0.529. The third kappa shape index (κ3) is 7.11. The van der Waals surface area contributed by atoms with E-state index in [1.165, 1.54) is 0 Å². The number of guanidine groups is 1. The molecule has 0 fully saturated rings. The van der Waals surface area contributed by atoms with Gasteiger partial charge in [0.2, 0.25) is 5.91 Å². The Bertz CT molecular complexity index is 480. The zero-order valence-corrected chi connectivity index (χ0v) is 14.1. The van der Waals surface area contributed by atoms with E-state index in [0.29, 0.717) is 18.9 Å². The first kappa shape index (κ1) is 18.0. The second-order valence-corrected chi connectivity index (χ2v) is 5.70. The Kier molecular flexibility index (Phi) is 8.04. The highest BCUT2D eigenvalue weighted by Gasteiger charge is 2.02. The molecule has 0 aliphatic carbocycles. The van der Waals surface area contributed by atoms with Crippen LogP contribution in [0.2, 0.25) is 0 Å². The molecule has 1 rings (SSSR count). The molecule has 1 aromatic rings. The summed E-state index contributed by atoms with van der Waals surface area (Å²) in [5.74, 6) is 1.44. The number of aliphatic imine (C=N–C) groups is 1. The Hall–Kier alpha value is -2.04. The van der Waals surface area contributed by atoms with Crippen LogP contribution < -0.4 is 16.0 Å². The maximum atomic E-state index is 11.5. The molecule has 0 aliphatic heterocycles. The molecule has 1 amide bonds. The molecule has 3 N–H and O–H groups in total. The van der Waals surface area contributed by atoms with Gasteiger partial charge >= 0.3 is 0 Å². The van der Waals surface area contributed by atoms with E-state index >= 15 is 0 Å². The van der Waals surface area contributed by atoms with Gasteiger partial charge in [0, 0.05) is 32.2 Å². The molecule has 1 aromatic carbocycles. The summed E-state index contributed by atoms with van der Waals surface area (Å²) in [5, 5.41) is 9.43. The number of nitrogens with one attached hydrogen (secondary N) is 3. The average Bonchev–Trinajstić information content (AvgIpc) is 2.49. The highest BCUT2D eigenvalue weighted by atomic mass is 16.1. The molecule has 0 aromatic heterocycles. The summed E-state index contributed by atoms with van der Waals surface area (Å²) in [6.07, 6.45) is 1.41. The molecule has 0 bridgehead atoms. The number of nitrogens with zero attached hydrogens (tertiary/aromatic N) is 1. The SMILES string of the molecule is CCCC(=O)Nc1ccc(CNC(=NC)NCC(C)C)cc1. The van der Waals surface area contributed by atoms with Crippen LogP contribution in [0.25, 0.3) is 0 Å². The number of hydrogen-bond acceptors (Lipinski definition) is 2. The van der Waals surface area contributed by atoms with Gasteiger partial charge in [-0.1, -0.05) is 32.9 Å². The lowest BCUT2D eigenvalue weighted by Crippen LogP contribution is -2.38. The van der Waals surface area contributed by atoms with Gasteiger partial charge in [0.05, 0.1) is 0 Å². The smallest absolute Gasteiger partial charge is 0.224 e. The molecule has 0 heterocycles. The monoisotopic (exact) mass is 304 g/mol. The van der Waals surface area contributed by atoms with E-state index in [1.807, 2.05) is 31.2 Å². The number of benzene rings is 1. The van der Waals surface area contributed by atoms with Gasteiger partial charge in [-0.05, 0) is 30.0 Å². The summed E-state index contributed by atoms with van der Waals surface area (Å²) in [4.78, 5) is 15.7. The van der Waals surface area contributed by atoms with Crippen molar-refractivity contribution in [2.45, 2.75) is 40.2 Å². The van der Waals surface area contributed by atoms with Crippen molar-refractivity contribution < 1.29 is 4.79 Å². The third-order valence-corrected chi connectivity index (χ3v) is 3.08. The molecule has 0 radical (unpaired) electrons. The molecular weight excluding hydrogens is 276 g/mol. The number of carbonyl (C=O) groups excluding carboxylic acids is 1. The first-order chi connectivity index (χ1) is 10.5. The minimum atomic E-state index is 0.0617. The first-order valence-corrected chi connectivity index (χ1v) is 7.88. The van der Waals surface area contributed by atoms with Gasteiger partial charge in [-0.2, -0.15) is 0 Å². The van der Waals surface area contributed by atoms with E-state index in [1.54, 1.807) is 7.05 Å². The fourth-order valence-electron chi connectivity index (χ4n) is 1.86. The molecular formula is C17H28N4O. The molecule has 122 valence electrons. The van der Waals surface area contributed by atoms with E-state index in [2.05, 4.69) is 34.8 Å². The number of carbonyl (C=O) groups is 1. The molecule has 22 heavy (non-hydrogen) atoms. The summed E-state index contributed by atoms with van der Waals surface area (Å²) in [6.45, 7) is 7.90. The zero-order valence-electron chi connectivity index (χ0n) is 14.1. The lowest BCUT2D eigenvalue weighted by molar-refractivity contribution is -0.116. The quantitative estimate of drug-likeness (QED) is 0.536. The second-order valence-electron chi connectivity index (χ2n) is 5.70. The van der Waals surface area contributed by atoms with Crippen LogP contribution in [0.3, 0.4) is 0 Å². The lowest BCUT2D eigenvalue weighted by Gasteiger charge is -2.13. The Morgan fingerprint density at radius 1 is 1.18 bits per heavy atom. The standard InChI is InChI=1S/C17H28N4O/c1-5-6-16(22)21-15-9-7-14(8-10-15)12-20-17(18-4)19-11-13(2)3/h7-10,13H,5-6,11-12H2,1-4H3,(H,21,22)(H2,18,19,20). The van der Waals surface area contributed by atoms with Gasteiger partial charge in [0.25, 0.3) is 0 Å². The molecule has 0 saturated carbocycles. The Balaban J connectivity index is 2.45. The number of rotatable bonds is 7. The largest absolute Gasteiger partial charge is 0.356 e. The van der Waals surface area contributed by atoms with Crippen LogP contribution in [-0.4, -0.2) is 25.5 Å². The summed E-state index contributed by atoms with van der Waals surface area (Å²) in [6, 6.07) is 7.86. The van der Waals surface area contributed by atoms with Gasteiger partial charge < -0.3 is 16.0 Å². The van der Waals surface area contributed by atoms with Gasteiger partial charge in [-0.15, -0.1) is 0 Å². The third-order valence-electron chi connectivity index (χ3n) is 3.08. The molecule has 0 saturated heterocycles. The van der Waals surface area contributed by atoms with E-state index in [4.69, 9.17) is 0 Å². The summed E-state index contributed by atoms with van der Waals surface area (Å²) >= 11 is 0. The van der Waals surface area contributed by atoms with Crippen molar-refractivity contribution in [1.29, 1.82) is 0 Å². The maximum Gasteiger partial charge on any atom is 0.224 e.